The second-order valence-electron chi connectivity index (χ2n) is 12.6. The van der Waals surface area contributed by atoms with Crippen molar-refractivity contribution in [2.24, 2.45) is 5.92 Å². The first-order chi connectivity index (χ1) is 20.9. The summed E-state index contributed by atoms with van der Waals surface area (Å²) < 4.78 is 22.1. The highest BCUT2D eigenvalue weighted by atomic mass is 16.5. The number of hydrogen-bond acceptors (Lipinski definition) is 7. The van der Waals surface area contributed by atoms with Gasteiger partial charge in [-0.3, -0.25) is 4.79 Å². The third-order valence-electron chi connectivity index (χ3n) is 8.46. The third-order valence-corrected chi connectivity index (χ3v) is 8.46. The van der Waals surface area contributed by atoms with E-state index in [0.717, 1.165) is 49.8 Å². The van der Waals surface area contributed by atoms with Crippen molar-refractivity contribution in [3.8, 4) is 29.1 Å². The summed E-state index contributed by atoms with van der Waals surface area (Å²) in [5.41, 5.74) is 1.62. The van der Waals surface area contributed by atoms with Crippen LogP contribution in [0.1, 0.15) is 95.1 Å². The highest BCUT2D eigenvalue weighted by Gasteiger charge is 2.36. The molecule has 1 N–H and O–H groups in total. The van der Waals surface area contributed by atoms with Gasteiger partial charge in [-0.2, -0.15) is 5.26 Å². The molecule has 0 aromatic heterocycles. The number of amides is 1. The molecule has 2 aromatic rings. The molecule has 0 aliphatic carbocycles. The number of carbonyl (C=O) groups is 1. The van der Waals surface area contributed by atoms with Gasteiger partial charge in [0.15, 0.2) is 23.0 Å². The molecular weight excluding hydrogens is 554 g/mol. The van der Waals surface area contributed by atoms with Crippen LogP contribution in [0.25, 0.3) is 0 Å². The molecule has 0 spiro atoms. The molecule has 0 fully saturated rings. The zero-order valence-corrected chi connectivity index (χ0v) is 28.8. The molecule has 0 saturated heterocycles. The van der Waals surface area contributed by atoms with Crippen molar-refractivity contribution in [2.45, 2.75) is 91.0 Å². The molecule has 2 aromatic carbocycles. The summed E-state index contributed by atoms with van der Waals surface area (Å²) in [6.07, 6.45) is 5.20. The number of hydrogen-bond donors (Lipinski definition) is 1. The lowest BCUT2D eigenvalue weighted by molar-refractivity contribution is 0.0577. The summed E-state index contributed by atoms with van der Waals surface area (Å²) in [7, 11) is 6.44. The molecule has 244 valence electrons. The number of ether oxygens (including phenoxy) is 4. The van der Waals surface area contributed by atoms with Crippen LogP contribution in [0.4, 0.5) is 0 Å². The van der Waals surface area contributed by atoms with Crippen LogP contribution in [-0.2, 0) is 11.8 Å². The van der Waals surface area contributed by atoms with Crippen molar-refractivity contribution in [2.75, 3.05) is 48.1 Å². The van der Waals surface area contributed by atoms with Gasteiger partial charge in [-0.25, -0.2) is 0 Å². The van der Waals surface area contributed by atoms with E-state index in [9.17, 15) is 10.1 Å². The fourth-order valence-electron chi connectivity index (χ4n) is 5.66. The van der Waals surface area contributed by atoms with Gasteiger partial charge in [0.1, 0.15) is 0 Å². The monoisotopic (exact) mass is 609 g/mol. The molecule has 0 heterocycles. The van der Waals surface area contributed by atoms with E-state index in [2.05, 4.69) is 52.9 Å². The Morgan fingerprint density at radius 2 is 1.50 bits per heavy atom. The summed E-state index contributed by atoms with van der Waals surface area (Å²) >= 11 is 0. The maximum atomic E-state index is 13.9. The van der Waals surface area contributed by atoms with Crippen LogP contribution < -0.4 is 24.3 Å². The number of rotatable bonds is 18. The van der Waals surface area contributed by atoms with Gasteiger partial charge in [0, 0.05) is 17.6 Å². The Morgan fingerprint density at radius 1 is 0.886 bits per heavy atom. The van der Waals surface area contributed by atoms with Gasteiger partial charge >= 0.3 is 0 Å². The van der Waals surface area contributed by atoms with Crippen molar-refractivity contribution < 1.29 is 23.7 Å². The van der Waals surface area contributed by atoms with Crippen molar-refractivity contribution in [3.63, 3.8) is 0 Å². The molecule has 0 radical (unpaired) electrons. The SMILES string of the molecule is CCCCN(C(=O)c1cc(OC)c(OC)cc1CCNCCCCC(C#N)(c1ccc(OC)c(OC)c1)C(C)C)C(C)(C)C. The zero-order valence-electron chi connectivity index (χ0n) is 28.8. The lowest BCUT2D eigenvalue weighted by Crippen LogP contribution is -2.46. The number of carbonyl (C=O) groups excluding carboxylic acids is 1. The molecular formula is C36H55N3O5. The Morgan fingerprint density at radius 3 is 2.05 bits per heavy atom. The highest BCUT2D eigenvalue weighted by molar-refractivity contribution is 5.97. The van der Waals surface area contributed by atoms with Crippen molar-refractivity contribution in [1.82, 2.24) is 10.2 Å². The summed E-state index contributed by atoms with van der Waals surface area (Å²) in [5, 5.41) is 13.9. The Bertz CT molecular complexity index is 1250. The normalized spacial score (nSPS) is 12.8. The Balaban J connectivity index is 2.11. The second-order valence-corrected chi connectivity index (χ2v) is 12.6. The molecule has 0 aliphatic heterocycles. The predicted molar refractivity (Wildman–Crippen MR) is 177 cm³/mol. The van der Waals surface area contributed by atoms with E-state index in [1.54, 1.807) is 28.4 Å². The number of methoxy groups -OCH3 is 4. The summed E-state index contributed by atoms with van der Waals surface area (Å²) in [5.74, 6) is 2.60. The molecule has 2 rings (SSSR count). The molecule has 0 bridgehead atoms. The van der Waals surface area contributed by atoms with Crippen LogP contribution in [0.5, 0.6) is 23.0 Å². The summed E-state index contributed by atoms with van der Waals surface area (Å²) in [6, 6.07) is 12.2. The molecule has 1 unspecified atom stereocenters. The fraction of sp³-hybridized carbons (Fsp3) is 0.611. The molecule has 0 saturated carbocycles. The first kappa shape index (κ1) is 36.8. The topological polar surface area (TPSA) is 93.1 Å². The van der Waals surface area contributed by atoms with Crippen LogP contribution in [0.2, 0.25) is 0 Å². The zero-order chi connectivity index (χ0) is 32.9. The first-order valence-corrected chi connectivity index (χ1v) is 15.8. The molecule has 1 amide bonds. The van der Waals surface area contributed by atoms with Crippen molar-refractivity contribution in [1.29, 1.82) is 5.26 Å². The van der Waals surface area contributed by atoms with Gasteiger partial charge in [0.2, 0.25) is 0 Å². The van der Waals surface area contributed by atoms with E-state index < -0.39 is 5.41 Å². The predicted octanol–water partition coefficient (Wildman–Crippen LogP) is 7.18. The number of nitrogens with one attached hydrogen (secondary N) is 1. The standard InChI is InChI=1S/C36H55N3O5/c1-11-12-21-39(35(4,5)6)34(40)29-24-33(44-10)31(42-8)22-27(29)17-20-38-19-14-13-18-36(25-37,26(2)3)28-15-16-30(41-7)32(23-28)43-9/h15-16,22-24,26,38H,11-14,17-21H2,1-10H3. The highest BCUT2D eigenvalue weighted by Crippen LogP contribution is 2.40. The van der Waals surface area contributed by atoms with E-state index in [1.807, 2.05) is 35.2 Å². The number of unbranched alkanes of at least 4 members (excludes halogenated alkanes) is 2. The van der Waals surface area contributed by atoms with Crippen LogP contribution in [0, 0.1) is 17.2 Å². The molecule has 8 heteroatoms. The maximum Gasteiger partial charge on any atom is 0.254 e. The van der Waals surface area contributed by atoms with Crippen LogP contribution in [-0.4, -0.2) is 64.4 Å². The Hall–Kier alpha value is -3.44. The smallest absolute Gasteiger partial charge is 0.254 e. The average Bonchev–Trinajstić information content (AvgIpc) is 3.01. The molecule has 8 nitrogen and oxygen atoms in total. The molecule has 0 aliphatic rings. The maximum absolute atomic E-state index is 13.9. The van der Waals surface area contributed by atoms with Gasteiger partial charge in [-0.05, 0) is 101 Å². The number of nitrogens with zero attached hydrogens (tertiary/aromatic N) is 2. The number of nitriles is 1. The largest absolute Gasteiger partial charge is 0.493 e. The van der Waals surface area contributed by atoms with Crippen LogP contribution in [0.15, 0.2) is 30.3 Å². The van der Waals surface area contributed by atoms with E-state index in [1.165, 1.54) is 0 Å². The van der Waals surface area contributed by atoms with E-state index >= 15 is 0 Å². The van der Waals surface area contributed by atoms with Crippen molar-refractivity contribution in [3.05, 3.63) is 47.0 Å². The van der Waals surface area contributed by atoms with Gasteiger partial charge in [-0.15, -0.1) is 0 Å². The molecule has 1 atom stereocenters. The average molecular weight is 610 g/mol. The fourth-order valence-corrected chi connectivity index (χ4v) is 5.66. The molecule has 44 heavy (non-hydrogen) atoms. The minimum Gasteiger partial charge on any atom is -0.493 e. The number of benzene rings is 2. The van der Waals surface area contributed by atoms with Gasteiger partial charge in [0.05, 0.1) is 39.9 Å². The van der Waals surface area contributed by atoms with Crippen molar-refractivity contribution >= 4 is 5.91 Å². The van der Waals surface area contributed by atoms with Gasteiger partial charge in [0.25, 0.3) is 5.91 Å². The van der Waals surface area contributed by atoms with Gasteiger partial charge < -0.3 is 29.2 Å². The quantitative estimate of drug-likeness (QED) is 0.179. The minimum absolute atomic E-state index is 0.0126. The third kappa shape index (κ3) is 9.04. The summed E-state index contributed by atoms with van der Waals surface area (Å²) in [6.45, 7) is 14.8. The lowest BCUT2D eigenvalue weighted by Gasteiger charge is -2.36. The Labute approximate surface area is 266 Å². The Kier molecular flexibility index (Phi) is 14.3. The van der Waals surface area contributed by atoms with E-state index in [0.29, 0.717) is 48.1 Å². The minimum atomic E-state index is -0.620. The van der Waals surface area contributed by atoms with Crippen LogP contribution >= 0.6 is 0 Å². The van der Waals surface area contributed by atoms with Gasteiger partial charge in [-0.1, -0.05) is 39.7 Å². The first-order valence-electron chi connectivity index (χ1n) is 15.8. The summed E-state index contributed by atoms with van der Waals surface area (Å²) in [4.78, 5) is 15.9. The van der Waals surface area contributed by atoms with Crippen LogP contribution in [0.3, 0.4) is 0 Å². The van der Waals surface area contributed by atoms with E-state index in [4.69, 9.17) is 18.9 Å². The van der Waals surface area contributed by atoms with E-state index in [-0.39, 0.29) is 17.4 Å². The second kappa shape index (κ2) is 17.2. The lowest BCUT2D eigenvalue weighted by atomic mass is 9.69.